The smallest absolute Gasteiger partial charge is 0.237 e. The van der Waals surface area contributed by atoms with E-state index in [1.54, 1.807) is 0 Å². The second-order valence-electron chi connectivity index (χ2n) is 6.74. The third-order valence-electron chi connectivity index (χ3n) is 4.18. The monoisotopic (exact) mass is 412 g/mol. The van der Waals surface area contributed by atoms with E-state index < -0.39 is 0 Å². The molecule has 3 rings (SSSR count). The van der Waals surface area contributed by atoms with Gasteiger partial charge in [-0.2, -0.15) is 0 Å². The van der Waals surface area contributed by atoms with Crippen molar-refractivity contribution in [3.63, 3.8) is 0 Å². The molecule has 0 radical (unpaired) electrons. The summed E-state index contributed by atoms with van der Waals surface area (Å²) in [5, 5.41) is 15.1. The number of nitrogens with one attached hydrogen (secondary N) is 2. The molecule has 28 heavy (non-hydrogen) atoms. The minimum absolute atomic E-state index is 0.0451. The summed E-state index contributed by atoms with van der Waals surface area (Å²) in [7, 11) is 0. The Kier molecular flexibility index (Phi) is 7.06. The number of nitrogens with zero attached hydrogens (tertiary/aromatic N) is 2. The van der Waals surface area contributed by atoms with Crippen LogP contribution >= 0.6 is 23.1 Å². The summed E-state index contributed by atoms with van der Waals surface area (Å²) < 4.78 is 0.772. The van der Waals surface area contributed by atoms with Gasteiger partial charge in [-0.05, 0) is 36.1 Å². The van der Waals surface area contributed by atoms with Crippen LogP contribution in [0.4, 0.5) is 10.8 Å². The molecule has 1 aromatic heterocycles. The SMILES string of the molecule is CC(C)c1ccc(NC(=O)[C@@H](C)Sc2nnc(NCc3ccccc3)s2)cc1. The Balaban J connectivity index is 1.50. The maximum atomic E-state index is 12.5. The van der Waals surface area contributed by atoms with Crippen LogP contribution in [0.25, 0.3) is 0 Å². The summed E-state index contributed by atoms with van der Waals surface area (Å²) in [5.41, 5.74) is 3.25. The fourth-order valence-corrected chi connectivity index (χ4v) is 4.39. The fraction of sp³-hybridized carbons (Fsp3) is 0.286. The minimum Gasteiger partial charge on any atom is -0.356 e. The van der Waals surface area contributed by atoms with Gasteiger partial charge in [-0.1, -0.05) is 79.4 Å². The Morgan fingerprint density at radius 3 is 2.43 bits per heavy atom. The number of aromatic nitrogens is 2. The van der Waals surface area contributed by atoms with Gasteiger partial charge in [-0.15, -0.1) is 10.2 Å². The molecule has 2 aromatic carbocycles. The van der Waals surface area contributed by atoms with Crippen molar-refractivity contribution in [2.24, 2.45) is 0 Å². The van der Waals surface area contributed by atoms with Crippen LogP contribution in [0.3, 0.4) is 0 Å². The summed E-state index contributed by atoms with van der Waals surface area (Å²) in [4.78, 5) is 12.5. The van der Waals surface area contributed by atoms with E-state index in [1.807, 2.05) is 49.4 Å². The van der Waals surface area contributed by atoms with Crippen LogP contribution < -0.4 is 10.6 Å². The molecule has 1 atom stereocenters. The molecule has 7 heteroatoms. The lowest BCUT2D eigenvalue weighted by Crippen LogP contribution is -2.22. The van der Waals surface area contributed by atoms with Crippen molar-refractivity contribution in [3.8, 4) is 0 Å². The highest BCUT2D eigenvalue weighted by Gasteiger charge is 2.17. The van der Waals surface area contributed by atoms with E-state index >= 15 is 0 Å². The molecule has 2 N–H and O–H groups in total. The molecule has 0 saturated carbocycles. The molecule has 0 bridgehead atoms. The molecule has 0 spiro atoms. The normalized spacial score (nSPS) is 12.0. The van der Waals surface area contributed by atoms with Crippen LogP contribution in [0, 0.1) is 0 Å². The van der Waals surface area contributed by atoms with Gasteiger partial charge in [0.05, 0.1) is 5.25 Å². The molecule has 0 aliphatic rings. The lowest BCUT2D eigenvalue weighted by molar-refractivity contribution is -0.115. The van der Waals surface area contributed by atoms with Gasteiger partial charge < -0.3 is 10.6 Å². The van der Waals surface area contributed by atoms with E-state index in [0.29, 0.717) is 12.5 Å². The summed E-state index contributed by atoms with van der Waals surface area (Å²) in [6, 6.07) is 18.1. The van der Waals surface area contributed by atoms with Crippen molar-refractivity contribution < 1.29 is 4.79 Å². The van der Waals surface area contributed by atoms with E-state index in [4.69, 9.17) is 0 Å². The number of hydrogen-bond acceptors (Lipinski definition) is 6. The molecule has 0 aliphatic carbocycles. The first-order chi connectivity index (χ1) is 13.5. The van der Waals surface area contributed by atoms with Crippen LogP contribution in [-0.4, -0.2) is 21.4 Å². The highest BCUT2D eigenvalue weighted by Crippen LogP contribution is 2.29. The number of thioether (sulfide) groups is 1. The second-order valence-corrected chi connectivity index (χ2v) is 9.30. The molecule has 1 amide bonds. The first kappa shape index (κ1) is 20.4. The maximum absolute atomic E-state index is 12.5. The summed E-state index contributed by atoms with van der Waals surface area (Å²) >= 11 is 2.87. The van der Waals surface area contributed by atoms with Gasteiger partial charge in [-0.25, -0.2) is 0 Å². The minimum atomic E-state index is -0.264. The van der Waals surface area contributed by atoms with Crippen LogP contribution in [0.2, 0.25) is 0 Å². The maximum Gasteiger partial charge on any atom is 0.237 e. The zero-order valence-electron chi connectivity index (χ0n) is 16.2. The Labute approximate surface area is 174 Å². The molecule has 0 aliphatic heterocycles. The Morgan fingerprint density at radius 1 is 1.04 bits per heavy atom. The van der Waals surface area contributed by atoms with E-state index in [0.717, 1.165) is 15.2 Å². The molecular formula is C21H24N4OS2. The fourth-order valence-electron chi connectivity index (χ4n) is 2.50. The molecule has 0 unspecified atom stereocenters. The molecular weight excluding hydrogens is 388 g/mol. The van der Waals surface area contributed by atoms with Gasteiger partial charge in [0.15, 0.2) is 4.34 Å². The average Bonchev–Trinajstić information content (AvgIpc) is 3.15. The predicted octanol–water partition coefficient (Wildman–Crippen LogP) is 5.39. The van der Waals surface area contributed by atoms with Gasteiger partial charge in [0.1, 0.15) is 0 Å². The van der Waals surface area contributed by atoms with E-state index in [-0.39, 0.29) is 11.2 Å². The van der Waals surface area contributed by atoms with E-state index in [1.165, 1.54) is 34.2 Å². The van der Waals surface area contributed by atoms with Gasteiger partial charge >= 0.3 is 0 Å². The number of carbonyl (C=O) groups excluding carboxylic acids is 1. The molecule has 0 fully saturated rings. The Morgan fingerprint density at radius 2 is 1.75 bits per heavy atom. The molecule has 3 aromatic rings. The van der Waals surface area contributed by atoms with Crippen LogP contribution in [-0.2, 0) is 11.3 Å². The Hall–Kier alpha value is -2.38. The molecule has 1 heterocycles. The van der Waals surface area contributed by atoms with Crippen molar-refractivity contribution in [1.82, 2.24) is 10.2 Å². The van der Waals surface area contributed by atoms with Crippen molar-refractivity contribution in [2.75, 3.05) is 10.6 Å². The zero-order valence-corrected chi connectivity index (χ0v) is 17.8. The predicted molar refractivity (Wildman–Crippen MR) is 118 cm³/mol. The lowest BCUT2D eigenvalue weighted by Gasteiger charge is -2.11. The van der Waals surface area contributed by atoms with E-state index in [9.17, 15) is 4.79 Å². The zero-order chi connectivity index (χ0) is 19.9. The van der Waals surface area contributed by atoms with Crippen molar-refractivity contribution >= 4 is 39.8 Å². The summed E-state index contributed by atoms with van der Waals surface area (Å²) in [6.07, 6.45) is 0. The summed E-state index contributed by atoms with van der Waals surface area (Å²) in [5.74, 6) is 0.428. The highest BCUT2D eigenvalue weighted by atomic mass is 32.2. The molecule has 5 nitrogen and oxygen atoms in total. The van der Waals surface area contributed by atoms with Crippen molar-refractivity contribution in [3.05, 3.63) is 65.7 Å². The number of carbonyl (C=O) groups is 1. The number of amides is 1. The average molecular weight is 413 g/mol. The van der Waals surface area contributed by atoms with Crippen molar-refractivity contribution in [1.29, 1.82) is 0 Å². The third-order valence-corrected chi connectivity index (χ3v) is 6.25. The van der Waals surface area contributed by atoms with Gasteiger partial charge in [0.2, 0.25) is 11.0 Å². The number of hydrogen-bond donors (Lipinski definition) is 2. The summed E-state index contributed by atoms with van der Waals surface area (Å²) in [6.45, 7) is 6.87. The first-order valence-electron chi connectivity index (χ1n) is 9.20. The molecule has 146 valence electrons. The highest BCUT2D eigenvalue weighted by molar-refractivity contribution is 8.02. The number of benzene rings is 2. The van der Waals surface area contributed by atoms with Gasteiger partial charge in [0.25, 0.3) is 0 Å². The van der Waals surface area contributed by atoms with Crippen LogP contribution in [0.5, 0.6) is 0 Å². The van der Waals surface area contributed by atoms with E-state index in [2.05, 4.69) is 46.8 Å². The Bertz CT molecular complexity index is 894. The van der Waals surface area contributed by atoms with Gasteiger partial charge in [0, 0.05) is 12.2 Å². The second kappa shape index (κ2) is 9.71. The van der Waals surface area contributed by atoms with Crippen LogP contribution in [0.1, 0.15) is 37.8 Å². The first-order valence-corrected chi connectivity index (χ1v) is 10.9. The van der Waals surface area contributed by atoms with Crippen molar-refractivity contribution in [2.45, 2.75) is 42.8 Å². The topological polar surface area (TPSA) is 66.9 Å². The number of rotatable bonds is 8. The largest absolute Gasteiger partial charge is 0.356 e. The van der Waals surface area contributed by atoms with Gasteiger partial charge in [-0.3, -0.25) is 4.79 Å². The molecule has 0 saturated heterocycles. The van der Waals surface area contributed by atoms with Crippen LogP contribution in [0.15, 0.2) is 58.9 Å². The number of anilines is 2. The lowest BCUT2D eigenvalue weighted by atomic mass is 10.0. The standard InChI is InChI=1S/C21H24N4OS2/c1-14(2)17-9-11-18(12-10-17)23-19(26)15(3)27-21-25-24-20(28-21)22-13-16-7-5-4-6-8-16/h4-12,14-15H,13H2,1-3H3,(H,22,24)(H,23,26)/t15-/m1/s1. The quantitative estimate of drug-likeness (QED) is 0.485. The third kappa shape index (κ3) is 5.81.